The van der Waals surface area contributed by atoms with Crippen molar-refractivity contribution in [1.29, 1.82) is 0 Å². The van der Waals surface area contributed by atoms with Gasteiger partial charge in [-0.25, -0.2) is 0 Å². The van der Waals surface area contributed by atoms with Crippen LogP contribution in [0.25, 0.3) is 11.1 Å². The second kappa shape index (κ2) is 4.14. The highest BCUT2D eigenvalue weighted by atomic mass is 16.3. The quantitative estimate of drug-likeness (QED) is 0.623. The van der Waals surface area contributed by atoms with Crippen LogP contribution in [0.3, 0.4) is 0 Å². The highest BCUT2D eigenvalue weighted by Crippen LogP contribution is 2.40. The molecular formula is C14H14O4. The van der Waals surface area contributed by atoms with Gasteiger partial charge in [0.15, 0.2) is 0 Å². The van der Waals surface area contributed by atoms with Crippen molar-refractivity contribution < 1.29 is 20.4 Å². The molecule has 0 radical (unpaired) electrons. The van der Waals surface area contributed by atoms with E-state index in [2.05, 4.69) is 0 Å². The van der Waals surface area contributed by atoms with E-state index in [1.165, 1.54) is 12.1 Å². The third-order valence-corrected chi connectivity index (χ3v) is 2.92. The molecule has 0 aliphatic carbocycles. The summed E-state index contributed by atoms with van der Waals surface area (Å²) < 4.78 is 0. The maximum atomic E-state index is 9.82. The Balaban J connectivity index is 2.69. The van der Waals surface area contributed by atoms with Crippen LogP contribution in [-0.4, -0.2) is 20.4 Å². The zero-order chi connectivity index (χ0) is 13.4. The Bertz CT molecular complexity index is 562. The minimum atomic E-state index is -0.126. The van der Waals surface area contributed by atoms with Crippen LogP contribution in [0, 0.1) is 13.8 Å². The molecule has 2 rings (SSSR count). The Morgan fingerprint density at radius 2 is 0.889 bits per heavy atom. The number of hydrogen-bond donors (Lipinski definition) is 4. The Labute approximate surface area is 104 Å². The van der Waals surface area contributed by atoms with E-state index in [9.17, 15) is 20.4 Å². The topological polar surface area (TPSA) is 80.9 Å². The van der Waals surface area contributed by atoms with E-state index in [1.807, 2.05) is 0 Å². The van der Waals surface area contributed by atoms with Crippen LogP contribution < -0.4 is 0 Å². The van der Waals surface area contributed by atoms with Gasteiger partial charge in [-0.1, -0.05) is 0 Å². The predicted molar refractivity (Wildman–Crippen MR) is 68.0 cm³/mol. The van der Waals surface area contributed by atoms with E-state index in [0.29, 0.717) is 22.3 Å². The monoisotopic (exact) mass is 246 g/mol. The fourth-order valence-electron chi connectivity index (χ4n) is 1.80. The molecule has 0 aliphatic heterocycles. The molecule has 4 N–H and O–H groups in total. The Morgan fingerprint density at radius 3 is 1.22 bits per heavy atom. The lowest BCUT2D eigenvalue weighted by molar-refractivity contribution is 0.443. The number of aromatic hydroxyl groups is 4. The van der Waals surface area contributed by atoms with Crippen molar-refractivity contribution in [2.75, 3.05) is 0 Å². The largest absolute Gasteiger partial charge is 0.508 e. The highest BCUT2D eigenvalue weighted by Gasteiger charge is 2.13. The zero-order valence-corrected chi connectivity index (χ0v) is 10.1. The molecule has 0 saturated heterocycles. The molecular weight excluding hydrogens is 232 g/mol. The fraction of sp³-hybridized carbons (Fsp3) is 0.143. The molecule has 94 valence electrons. The van der Waals surface area contributed by atoms with Crippen LogP contribution >= 0.6 is 0 Å². The van der Waals surface area contributed by atoms with E-state index >= 15 is 0 Å². The molecule has 18 heavy (non-hydrogen) atoms. The molecule has 4 heteroatoms. The van der Waals surface area contributed by atoms with E-state index in [1.54, 1.807) is 26.0 Å². The summed E-state index contributed by atoms with van der Waals surface area (Å²) in [7, 11) is 0. The summed E-state index contributed by atoms with van der Waals surface area (Å²) >= 11 is 0. The van der Waals surface area contributed by atoms with Gasteiger partial charge in [-0.05, 0) is 37.1 Å². The van der Waals surface area contributed by atoms with Gasteiger partial charge in [-0.2, -0.15) is 0 Å². The lowest BCUT2D eigenvalue weighted by Gasteiger charge is -2.11. The van der Waals surface area contributed by atoms with Gasteiger partial charge in [-0.15, -0.1) is 0 Å². The molecule has 2 aromatic carbocycles. The van der Waals surface area contributed by atoms with Crippen LogP contribution in [0.2, 0.25) is 0 Å². The number of benzene rings is 2. The van der Waals surface area contributed by atoms with Crippen molar-refractivity contribution >= 4 is 0 Å². The number of rotatable bonds is 1. The zero-order valence-electron chi connectivity index (χ0n) is 10.1. The molecule has 4 nitrogen and oxygen atoms in total. The predicted octanol–water partition coefficient (Wildman–Crippen LogP) is 2.79. The standard InChI is InChI=1S/C14H14O4/c1-7-3-9(13(17)5-11(7)15)10-4-8(2)12(16)6-14(10)18/h3-6,15-18H,1-2H3. The molecule has 0 unspecified atom stereocenters. The molecule has 0 aromatic heterocycles. The summed E-state index contributed by atoms with van der Waals surface area (Å²) in [5.74, 6) is -0.269. The molecule has 0 atom stereocenters. The second-order valence-corrected chi connectivity index (χ2v) is 4.31. The minimum absolute atomic E-state index is 0.00811. The first kappa shape index (κ1) is 12.1. The minimum Gasteiger partial charge on any atom is -0.508 e. The van der Waals surface area contributed by atoms with Crippen LogP contribution in [-0.2, 0) is 0 Å². The van der Waals surface area contributed by atoms with Crippen LogP contribution in [0.4, 0.5) is 0 Å². The van der Waals surface area contributed by atoms with Crippen LogP contribution in [0.5, 0.6) is 23.0 Å². The Morgan fingerprint density at radius 1 is 0.556 bits per heavy atom. The number of phenolic OH excluding ortho intramolecular Hbond substituents is 4. The highest BCUT2D eigenvalue weighted by molar-refractivity contribution is 5.78. The van der Waals surface area contributed by atoms with Crippen molar-refractivity contribution in [2.45, 2.75) is 13.8 Å². The summed E-state index contributed by atoms with van der Waals surface area (Å²) in [5.41, 5.74) is 2.00. The van der Waals surface area contributed by atoms with Gasteiger partial charge in [0.2, 0.25) is 0 Å². The van der Waals surface area contributed by atoms with Crippen LogP contribution in [0.1, 0.15) is 11.1 Å². The third kappa shape index (κ3) is 1.93. The maximum Gasteiger partial charge on any atom is 0.127 e. The molecule has 0 amide bonds. The van der Waals surface area contributed by atoms with E-state index in [4.69, 9.17) is 0 Å². The van der Waals surface area contributed by atoms with E-state index in [0.717, 1.165) is 0 Å². The molecule has 2 aromatic rings. The summed E-state index contributed by atoms with van der Waals surface area (Å²) in [5, 5.41) is 38.6. The molecule has 0 saturated carbocycles. The second-order valence-electron chi connectivity index (χ2n) is 4.31. The molecule has 0 bridgehead atoms. The Hall–Kier alpha value is -2.36. The molecule has 0 heterocycles. The number of aryl methyl sites for hydroxylation is 2. The van der Waals surface area contributed by atoms with E-state index in [-0.39, 0.29) is 23.0 Å². The van der Waals surface area contributed by atoms with Gasteiger partial charge in [-0.3, -0.25) is 0 Å². The van der Waals surface area contributed by atoms with Gasteiger partial charge in [0.05, 0.1) is 0 Å². The third-order valence-electron chi connectivity index (χ3n) is 2.92. The van der Waals surface area contributed by atoms with Crippen molar-refractivity contribution in [1.82, 2.24) is 0 Å². The first-order chi connectivity index (χ1) is 8.40. The number of phenols is 4. The van der Waals surface area contributed by atoms with Gasteiger partial charge in [0.25, 0.3) is 0 Å². The van der Waals surface area contributed by atoms with Crippen molar-refractivity contribution in [3.8, 4) is 34.1 Å². The van der Waals surface area contributed by atoms with Crippen molar-refractivity contribution in [3.05, 3.63) is 35.4 Å². The first-order valence-corrected chi connectivity index (χ1v) is 5.45. The summed E-state index contributed by atoms with van der Waals surface area (Å²) in [6.45, 7) is 3.39. The SMILES string of the molecule is Cc1cc(-c2cc(C)c(O)cc2O)c(O)cc1O. The van der Waals surface area contributed by atoms with E-state index < -0.39 is 0 Å². The van der Waals surface area contributed by atoms with Gasteiger partial charge in [0.1, 0.15) is 23.0 Å². The fourth-order valence-corrected chi connectivity index (χ4v) is 1.80. The smallest absolute Gasteiger partial charge is 0.127 e. The molecule has 0 fully saturated rings. The lowest BCUT2D eigenvalue weighted by atomic mass is 9.98. The van der Waals surface area contributed by atoms with Gasteiger partial charge < -0.3 is 20.4 Å². The normalized spacial score (nSPS) is 10.6. The number of hydrogen-bond acceptors (Lipinski definition) is 4. The summed E-state index contributed by atoms with van der Waals surface area (Å²) in [6, 6.07) is 5.62. The van der Waals surface area contributed by atoms with Crippen LogP contribution in [0.15, 0.2) is 24.3 Å². The summed E-state index contributed by atoms with van der Waals surface area (Å²) in [6.07, 6.45) is 0. The van der Waals surface area contributed by atoms with Gasteiger partial charge in [0, 0.05) is 23.3 Å². The molecule has 0 spiro atoms. The van der Waals surface area contributed by atoms with Gasteiger partial charge >= 0.3 is 0 Å². The van der Waals surface area contributed by atoms with Crippen molar-refractivity contribution in [3.63, 3.8) is 0 Å². The first-order valence-electron chi connectivity index (χ1n) is 5.45. The average Bonchev–Trinajstić information content (AvgIpc) is 2.29. The maximum absolute atomic E-state index is 9.82. The Kier molecular flexibility index (Phi) is 2.79. The van der Waals surface area contributed by atoms with Crippen molar-refractivity contribution in [2.24, 2.45) is 0 Å². The summed E-state index contributed by atoms with van der Waals surface area (Å²) in [4.78, 5) is 0. The lowest BCUT2D eigenvalue weighted by Crippen LogP contribution is -1.85. The average molecular weight is 246 g/mol. The molecule has 0 aliphatic rings.